The predicted octanol–water partition coefficient (Wildman–Crippen LogP) is 6.81. The lowest BCUT2D eigenvalue weighted by Gasteiger charge is -2.15. The van der Waals surface area contributed by atoms with Crippen LogP contribution in [0.3, 0.4) is 0 Å². The maximum absolute atomic E-state index is 13.4. The van der Waals surface area contributed by atoms with Crippen LogP contribution in [-0.4, -0.2) is 9.67 Å². The molecule has 1 N–H and O–H groups in total. The molecule has 0 saturated heterocycles. The Kier molecular flexibility index (Phi) is 5.30. The summed E-state index contributed by atoms with van der Waals surface area (Å²) in [6, 6.07) is 19.6. The smallest absolute Gasteiger partial charge is 0.273 e. The molecular weight excluding hydrogens is 437 g/mol. The molecule has 0 unspecified atom stereocenters. The van der Waals surface area contributed by atoms with Crippen molar-refractivity contribution in [3.05, 3.63) is 92.2 Å². The largest absolute Gasteiger partial charge is 0.506 e. The molecule has 28 heavy (non-hydrogen) atoms. The van der Waals surface area contributed by atoms with Crippen LogP contribution in [0.2, 0.25) is 15.1 Å². The van der Waals surface area contributed by atoms with Gasteiger partial charge in [0.1, 0.15) is 10.6 Å². The molecule has 0 bridgehead atoms. The van der Waals surface area contributed by atoms with Gasteiger partial charge in [-0.05, 0) is 36.4 Å². The molecule has 0 aliphatic carbocycles. The molecule has 140 valence electrons. The summed E-state index contributed by atoms with van der Waals surface area (Å²) in [5.74, 6) is -0.0973. The lowest BCUT2D eigenvalue weighted by Crippen LogP contribution is -2.20. The molecule has 0 spiro atoms. The van der Waals surface area contributed by atoms with E-state index in [1.807, 2.05) is 42.5 Å². The first kappa shape index (κ1) is 19.2. The van der Waals surface area contributed by atoms with Gasteiger partial charge in [-0.15, -0.1) is 0 Å². The third-order valence-corrected chi connectivity index (χ3v) is 6.49. The Hall–Kier alpha value is -2.11. The summed E-state index contributed by atoms with van der Waals surface area (Å²) in [5.41, 5.74) is 0.959. The first-order valence-corrected chi connectivity index (χ1v) is 10.2. The SMILES string of the molecule is O=c1c(Sc2cc(Cl)c(Cl)cc2Cl)c(O)c2ccccc2n1-c1ccccc1. The highest BCUT2D eigenvalue weighted by atomic mass is 35.5. The van der Waals surface area contributed by atoms with E-state index in [9.17, 15) is 9.90 Å². The Morgan fingerprint density at radius 1 is 0.821 bits per heavy atom. The Bertz CT molecular complexity index is 1260. The predicted molar refractivity (Wildman–Crippen MR) is 117 cm³/mol. The van der Waals surface area contributed by atoms with Crippen molar-refractivity contribution in [2.75, 3.05) is 0 Å². The fourth-order valence-electron chi connectivity index (χ4n) is 2.92. The van der Waals surface area contributed by atoms with E-state index in [2.05, 4.69) is 0 Å². The monoisotopic (exact) mass is 447 g/mol. The third kappa shape index (κ3) is 3.38. The molecule has 0 aliphatic rings. The molecule has 0 atom stereocenters. The van der Waals surface area contributed by atoms with Gasteiger partial charge in [-0.1, -0.05) is 76.9 Å². The molecule has 0 aliphatic heterocycles. The lowest BCUT2D eigenvalue weighted by molar-refractivity contribution is 0.466. The van der Waals surface area contributed by atoms with Gasteiger partial charge in [0.15, 0.2) is 0 Å². The van der Waals surface area contributed by atoms with Crippen molar-refractivity contribution < 1.29 is 5.11 Å². The summed E-state index contributed by atoms with van der Waals surface area (Å²) < 4.78 is 1.57. The van der Waals surface area contributed by atoms with E-state index in [-0.39, 0.29) is 16.2 Å². The highest BCUT2D eigenvalue weighted by molar-refractivity contribution is 7.99. The van der Waals surface area contributed by atoms with Gasteiger partial charge in [-0.25, -0.2) is 0 Å². The number of aromatic hydroxyl groups is 1. The van der Waals surface area contributed by atoms with Crippen LogP contribution in [-0.2, 0) is 0 Å². The van der Waals surface area contributed by atoms with Crippen LogP contribution in [0.4, 0.5) is 0 Å². The highest BCUT2D eigenvalue weighted by Crippen LogP contribution is 2.42. The van der Waals surface area contributed by atoms with Gasteiger partial charge < -0.3 is 5.11 Å². The number of fused-ring (bicyclic) bond motifs is 1. The highest BCUT2D eigenvalue weighted by Gasteiger charge is 2.20. The van der Waals surface area contributed by atoms with Gasteiger partial charge in [0.2, 0.25) is 0 Å². The fourth-order valence-corrected chi connectivity index (χ4v) is 4.59. The molecule has 1 heterocycles. The van der Waals surface area contributed by atoms with Gasteiger partial charge in [-0.3, -0.25) is 9.36 Å². The topological polar surface area (TPSA) is 42.2 Å². The van der Waals surface area contributed by atoms with Crippen LogP contribution >= 0.6 is 46.6 Å². The standard InChI is InChI=1S/C21H12Cl3NO2S/c22-14-10-16(24)18(11-15(14)23)28-20-19(26)13-8-4-5-9-17(13)25(21(20)27)12-6-2-1-3-7-12/h1-11,26H. The molecule has 1 aromatic heterocycles. The Morgan fingerprint density at radius 3 is 2.21 bits per heavy atom. The second-order valence-corrected chi connectivity index (χ2v) is 8.24. The van der Waals surface area contributed by atoms with Crippen LogP contribution in [0, 0.1) is 0 Å². The Morgan fingerprint density at radius 2 is 1.46 bits per heavy atom. The molecular formula is C21H12Cl3NO2S. The van der Waals surface area contributed by atoms with E-state index < -0.39 is 0 Å². The number of halogens is 3. The quantitative estimate of drug-likeness (QED) is 0.350. The van der Waals surface area contributed by atoms with E-state index in [4.69, 9.17) is 34.8 Å². The average molecular weight is 449 g/mol. The molecule has 0 radical (unpaired) electrons. The number of rotatable bonds is 3. The van der Waals surface area contributed by atoms with Crippen LogP contribution < -0.4 is 5.56 Å². The minimum atomic E-state index is -0.352. The van der Waals surface area contributed by atoms with Crippen molar-refractivity contribution in [1.29, 1.82) is 0 Å². The van der Waals surface area contributed by atoms with Gasteiger partial charge in [-0.2, -0.15) is 0 Å². The summed E-state index contributed by atoms with van der Waals surface area (Å²) in [5, 5.41) is 12.4. The molecule has 4 rings (SSSR count). The number of para-hydroxylation sites is 2. The van der Waals surface area contributed by atoms with Crippen molar-refractivity contribution >= 4 is 57.5 Å². The summed E-state index contributed by atoms with van der Waals surface area (Å²) in [6.07, 6.45) is 0. The number of pyridine rings is 1. The summed E-state index contributed by atoms with van der Waals surface area (Å²) in [7, 11) is 0. The van der Waals surface area contributed by atoms with Gasteiger partial charge >= 0.3 is 0 Å². The van der Waals surface area contributed by atoms with Crippen molar-refractivity contribution in [3.63, 3.8) is 0 Å². The first-order chi connectivity index (χ1) is 13.5. The van der Waals surface area contributed by atoms with Crippen LogP contribution in [0.1, 0.15) is 0 Å². The maximum Gasteiger partial charge on any atom is 0.273 e. The van der Waals surface area contributed by atoms with E-state index in [0.29, 0.717) is 36.6 Å². The molecule has 0 amide bonds. The zero-order chi connectivity index (χ0) is 19.8. The van der Waals surface area contributed by atoms with E-state index >= 15 is 0 Å². The second-order valence-electron chi connectivity index (χ2n) is 5.97. The lowest BCUT2D eigenvalue weighted by atomic mass is 10.2. The number of benzene rings is 3. The first-order valence-electron chi connectivity index (χ1n) is 8.22. The summed E-state index contributed by atoms with van der Waals surface area (Å²) in [6.45, 7) is 0. The van der Waals surface area contributed by atoms with E-state index in [1.54, 1.807) is 22.8 Å². The van der Waals surface area contributed by atoms with Crippen molar-refractivity contribution in [1.82, 2.24) is 4.57 Å². The average Bonchev–Trinajstić information content (AvgIpc) is 2.70. The maximum atomic E-state index is 13.4. The molecule has 3 nitrogen and oxygen atoms in total. The van der Waals surface area contributed by atoms with Crippen LogP contribution in [0.25, 0.3) is 16.6 Å². The summed E-state index contributed by atoms with van der Waals surface area (Å²) in [4.78, 5) is 14.0. The van der Waals surface area contributed by atoms with E-state index in [0.717, 1.165) is 11.8 Å². The zero-order valence-electron chi connectivity index (χ0n) is 14.2. The van der Waals surface area contributed by atoms with E-state index in [1.165, 1.54) is 6.07 Å². The minimum absolute atomic E-state index is 0.0973. The molecule has 0 saturated carbocycles. The number of aromatic nitrogens is 1. The van der Waals surface area contributed by atoms with Crippen LogP contribution in [0.15, 0.2) is 81.3 Å². The number of nitrogens with zero attached hydrogens (tertiary/aromatic N) is 1. The Balaban J connectivity index is 2.00. The van der Waals surface area contributed by atoms with Gasteiger partial charge in [0, 0.05) is 16.0 Å². The number of hydrogen-bond donors (Lipinski definition) is 1. The molecule has 4 aromatic rings. The van der Waals surface area contributed by atoms with Crippen molar-refractivity contribution in [2.24, 2.45) is 0 Å². The molecule has 7 heteroatoms. The molecule has 3 aromatic carbocycles. The Labute approximate surface area is 180 Å². The van der Waals surface area contributed by atoms with Crippen LogP contribution in [0.5, 0.6) is 5.75 Å². The van der Waals surface area contributed by atoms with Crippen molar-refractivity contribution in [2.45, 2.75) is 9.79 Å². The molecule has 0 fully saturated rings. The summed E-state index contributed by atoms with van der Waals surface area (Å²) >= 11 is 19.4. The van der Waals surface area contributed by atoms with Crippen molar-refractivity contribution in [3.8, 4) is 11.4 Å². The second kappa shape index (κ2) is 7.72. The third-order valence-electron chi connectivity index (χ3n) is 4.21. The minimum Gasteiger partial charge on any atom is -0.506 e. The fraction of sp³-hybridized carbons (Fsp3) is 0. The number of hydrogen-bond acceptors (Lipinski definition) is 3. The zero-order valence-corrected chi connectivity index (χ0v) is 17.3. The van der Waals surface area contributed by atoms with Gasteiger partial charge in [0.05, 0.1) is 20.6 Å². The van der Waals surface area contributed by atoms with Gasteiger partial charge in [0.25, 0.3) is 5.56 Å². The normalized spacial score (nSPS) is 11.1.